The highest BCUT2D eigenvalue weighted by Gasteiger charge is 2.26. The number of tetrazole rings is 1. The Balaban J connectivity index is 1.42. The predicted octanol–water partition coefficient (Wildman–Crippen LogP) is 6.84. The number of aldehydes is 1. The molecule has 8 heteroatoms. The van der Waals surface area contributed by atoms with Gasteiger partial charge in [0.25, 0.3) is 0 Å². The van der Waals surface area contributed by atoms with Crippen molar-refractivity contribution in [3.05, 3.63) is 107 Å². The summed E-state index contributed by atoms with van der Waals surface area (Å²) >= 11 is 6.26. The first-order valence-corrected chi connectivity index (χ1v) is 13.5. The Bertz CT molecular complexity index is 1570. The number of aromatic nitrogens is 6. The van der Waals surface area contributed by atoms with Crippen LogP contribution in [-0.2, 0) is 18.5 Å². The Hall–Kier alpha value is -4.10. The summed E-state index contributed by atoms with van der Waals surface area (Å²) in [4.78, 5) is 17.8. The molecule has 0 bridgehead atoms. The van der Waals surface area contributed by atoms with Crippen LogP contribution in [0.2, 0.25) is 5.15 Å². The molecule has 0 unspecified atom stereocenters. The number of halogens is 1. The Morgan fingerprint density at radius 1 is 0.923 bits per heavy atom. The van der Waals surface area contributed by atoms with E-state index in [-0.39, 0.29) is 5.15 Å². The van der Waals surface area contributed by atoms with E-state index in [0.717, 1.165) is 59.2 Å². The molecule has 198 valence electrons. The van der Waals surface area contributed by atoms with Crippen molar-refractivity contribution in [1.29, 1.82) is 0 Å². The van der Waals surface area contributed by atoms with Crippen LogP contribution in [0.4, 0.5) is 0 Å². The number of unbranched alkanes of at least 4 members (excludes halogenated alkanes) is 1. The van der Waals surface area contributed by atoms with Crippen LogP contribution in [0.5, 0.6) is 0 Å². The summed E-state index contributed by atoms with van der Waals surface area (Å²) in [6.07, 6.45) is 3.60. The van der Waals surface area contributed by atoms with Crippen LogP contribution >= 0.6 is 11.6 Å². The fourth-order valence-electron chi connectivity index (χ4n) is 4.72. The van der Waals surface area contributed by atoms with Gasteiger partial charge in [-0.3, -0.25) is 4.79 Å². The van der Waals surface area contributed by atoms with Crippen LogP contribution < -0.4 is 0 Å². The summed E-state index contributed by atoms with van der Waals surface area (Å²) in [5.74, 6) is 1.41. The lowest BCUT2D eigenvalue weighted by Gasteiger charge is -2.23. The minimum absolute atomic E-state index is 0.262. The lowest BCUT2D eigenvalue weighted by atomic mass is 9.95. The van der Waals surface area contributed by atoms with Crippen molar-refractivity contribution in [2.45, 2.75) is 52.1 Å². The van der Waals surface area contributed by atoms with Crippen molar-refractivity contribution in [2.75, 3.05) is 0 Å². The van der Waals surface area contributed by atoms with Gasteiger partial charge in [-0.1, -0.05) is 104 Å². The molecular weight excluding hydrogens is 508 g/mol. The Morgan fingerprint density at radius 3 is 2.31 bits per heavy atom. The third-order valence-corrected chi connectivity index (χ3v) is 7.35. The van der Waals surface area contributed by atoms with Crippen LogP contribution in [-0.4, -0.2) is 36.0 Å². The maximum absolute atomic E-state index is 11.7. The first-order valence-electron chi connectivity index (χ1n) is 13.2. The highest BCUT2D eigenvalue weighted by molar-refractivity contribution is 6.31. The zero-order chi connectivity index (χ0) is 27.4. The molecule has 0 amide bonds. The van der Waals surface area contributed by atoms with Gasteiger partial charge in [-0.25, -0.2) is 4.98 Å². The van der Waals surface area contributed by atoms with E-state index in [1.54, 1.807) is 4.80 Å². The maximum atomic E-state index is 11.7. The number of carbonyl (C=O) groups is 1. The molecule has 0 atom stereocenters. The zero-order valence-electron chi connectivity index (χ0n) is 22.4. The second-order valence-corrected chi connectivity index (χ2v) is 10.4. The van der Waals surface area contributed by atoms with Gasteiger partial charge in [0.1, 0.15) is 17.1 Å². The van der Waals surface area contributed by atoms with E-state index in [1.807, 2.05) is 41.0 Å². The highest BCUT2D eigenvalue weighted by atomic mass is 35.5. The number of hydrogen-bond acceptors (Lipinski definition) is 5. The molecule has 3 aromatic carbocycles. The number of nitrogens with zero attached hydrogens (tertiary/aromatic N) is 6. The minimum Gasteiger partial charge on any atom is -0.320 e. The first-order chi connectivity index (χ1) is 18.9. The summed E-state index contributed by atoms with van der Waals surface area (Å²) in [6.45, 7) is 6.82. The van der Waals surface area contributed by atoms with Gasteiger partial charge < -0.3 is 4.57 Å². The summed E-state index contributed by atoms with van der Waals surface area (Å²) in [7, 11) is 0. The van der Waals surface area contributed by atoms with Crippen LogP contribution in [0.1, 0.15) is 61.1 Å². The maximum Gasteiger partial charge on any atom is 0.205 e. The zero-order valence-corrected chi connectivity index (χ0v) is 23.1. The molecule has 0 aliphatic rings. The largest absolute Gasteiger partial charge is 0.320 e. The molecule has 0 saturated carbocycles. The molecule has 0 fully saturated rings. The van der Waals surface area contributed by atoms with Gasteiger partial charge in [0, 0.05) is 18.5 Å². The van der Waals surface area contributed by atoms with Gasteiger partial charge in [-0.2, -0.15) is 4.80 Å². The van der Waals surface area contributed by atoms with Crippen molar-refractivity contribution in [2.24, 2.45) is 0 Å². The van der Waals surface area contributed by atoms with Crippen molar-refractivity contribution in [3.8, 4) is 22.5 Å². The average molecular weight is 539 g/mol. The van der Waals surface area contributed by atoms with Crippen LogP contribution in [0, 0.1) is 0 Å². The fraction of sp³-hybridized carbons (Fsp3) is 0.258. The van der Waals surface area contributed by atoms with Crippen molar-refractivity contribution in [3.63, 3.8) is 0 Å². The fourth-order valence-corrected chi connectivity index (χ4v) is 4.96. The topological polar surface area (TPSA) is 78.5 Å². The van der Waals surface area contributed by atoms with Crippen molar-refractivity contribution in [1.82, 2.24) is 29.8 Å². The van der Waals surface area contributed by atoms with E-state index in [1.165, 1.54) is 0 Å². The molecule has 0 aliphatic heterocycles. The standard InChI is InChI=1S/C31H31ClN6O/c1-4-5-15-28-33-29(32)27(21-39)37(28)20-22-16-18-23(19-17-22)25-13-9-10-14-26(25)30-34-36-38(35-30)31(2,3)24-11-7-6-8-12-24/h6-14,16-19,21H,4-5,15,20H2,1-3H3. The van der Waals surface area contributed by atoms with Gasteiger partial charge in [0.05, 0.1) is 0 Å². The number of aryl methyl sites for hydroxylation is 1. The summed E-state index contributed by atoms with van der Waals surface area (Å²) in [5.41, 5.74) is 5.10. The summed E-state index contributed by atoms with van der Waals surface area (Å²) < 4.78 is 1.92. The first kappa shape index (κ1) is 26.5. The molecule has 5 aromatic rings. The second kappa shape index (κ2) is 11.3. The molecule has 2 heterocycles. The molecule has 7 nitrogen and oxygen atoms in total. The van der Waals surface area contributed by atoms with Gasteiger partial charge >= 0.3 is 0 Å². The SMILES string of the molecule is CCCCc1nc(Cl)c(C=O)n1Cc1ccc(-c2ccccc2-c2nnn(C(C)(C)c3ccccc3)n2)cc1. The van der Waals surface area contributed by atoms with Crippen LogP contribution in [0.3, 0.4) is 0 Å². The van der Waals surface area contributed by atoms with E-state index in [2.05, 4.69) is 78.5 Å². The molecule has 0 N–H and O–H groups in total. The molecule has 39 heavy (non-hydrogen) atoms. The predicted molar refractivity (Wildman–Crippen MR) is 154 cm³/mol. The lowest BCUT2D eigenvalue weighted by Crippen LogP contribution is -2.30. The Kier molecular flexibility index (Phi) is 7.70. The number of hydrogen-bond donors (Lipinski definition) is 0. The number of carbonyl (C=O) groups excluding carboxylic acids is 1. The van der Waals surface area contributed by atoms with E-state index < -0.39 is 5.54 Å². The third kappa shape index (κ3) is 5.40. The normalized spacial score (nSPS) is 11.6. The minimum atomic E-state index is -0.449. The number of benzene rings is 3. The molecule has 0 radical (unpaired) electrons. The Morgan fingerprint density at radius 2 is 1.62 bits per heavy atom. The molecule has 2 aromatic heterocycles. The summed E-state index contributed by atoms with van der Waals surface area (Å²) in [5, 5.41) is 13.9. The highest BCUT2D eigenvalue weighted by Crippen LogP contribution is 2.31. The second-order valence-electron chi connectivity index (χ2n) is 10.1. The monoisotopic (exact) mass is 538 g/mol. The molecule has 0 saturated heterocycles. The molecular formula is C31H31ClN6O. The summed E-state index contributed by atoms with van der Waals surface area (Å²) in [6, 6.07) is 26.5. The van der Waals surface area contributed by atoms with E-state index >= 15 is 0 Å². The van der Waals surface area contributed by atoms with Crippen molar-refractivity contribution >= 4 is 17.9 Å². The number of rotatable bonds is 10. The van der Waals surface area contributed by atoms with E-state index in [0.29, 0.717) is 18.1 Å². The Labute approximate surface area is 233 Å². The quantitative estimate of drug-likeness (QED) is 0.182. The van der Waals surface area contributed by atoms with Gasteiger partial charge in [0.15, 0.2) is 11.4 Å². The van der Waals surface area contributed by atoms with Gasteiger partial charge in [-0.05, 0) is 47.7 Å². The number of imidazole rings is 1. The van der Waals surface area contributed by atoms with Crippen LogP contribution in [0.25, 0.3) is 22.5 Å². The van der Waals surface area contributed by atoms with Gasteiger partial charge in [0.2, 0.25) is 5.82 Å². The third-order valence-electron chi connectivity index (χ3n) is 7.07. The van der Waals surface area contributed by atoms with Gasteiger partial charge in [-0.15, -0.1) is 10.2 Å². The van der Waals surface area contributed by atoms with Crippen LogP contribution in [0.15, 0.2) is 78.9 Å². The molecule has 5 rings (SSSR count). The molecule has 0 spiro atoms. The average Bonchev–Trinajstić information content (AvgIpc) is 3.58. The van der Waals surface area contributed by atoms with E-state index in [9.17, 15) is 4.79 Å². The smallest absolute Gasteiger partial charge is 0.205 e. The van der Waals surface area contributed by atoms with E-state index in [4.69, 9.17) is 16.7 Å². The van der Waals surface area contributed by atoms with Crippen molar-refractivity contribution < 1.29 is 4.79 Å². The molecule has 0 aliphatic carbocycles. The lowest BCUT2D eigenvalue weighted by molar-refractivity contribution is 0.111.